The van der Waals surface area contributed by atoms with Gasteiger partial charge in [-0.3, -0.25) is 0 Å². The minimum atomic E-state index is 0.226. The molecule has 2 N–H and O–H groups in total. The highest BCUT2D eigenvalue weighted by molar-refractivity contribution is 5.31. The molecule has 1 aliphatic carbocycles. The van der Waals surface area contributed by atoms with E-state index in [9.17, 15) is 0 Å². The summed E-state index contributed by atoms with van der Waals surface area (Å²) in [5.41, 5.74) is 3.13. The summed E-state index contributed by atoms with van der Waals surface area (Å²) in [4.78, 5) is 0. The fraction of sp³-hybridized carbons (Fsp3) is 0.647. The molecule has 0 spiro atoms. The highest BCUT2D eigenvalue weighted by Crippen LogP contribution is 2.43. The Kier molecular flexibility index (Phi) is 3.85. The Labute approximate surface area is 122 Å². The molecule has 1 fully saturated rings. The maximum absolute atomic E-state index is 5.56. The Morgan fingerprint density at radius 1 is 1.30 bits per heavy atom. The fourth-order valence-corrected chi connectivity index (χ4v) is 3.64. The fourth-order valence-electron chi connectivity index (χ4n) is 3.64. The topological polar surface area (TPSA) is 33.3 Å². The van der Waals surface area contributed by atoms with Crippen molar-refractivity contribution in [1.82, 2.24) is 10.6 Å². The summed E-state index contributed by atoms with van der Waals surface area (Å²) in [5.74, 6) is 0. The van der Waals surface area contributed by atoms with Crippen LogP contribution in [0.2, 0.25) is 0 Å². The molecule has 3 heteroatoms. The van der Waals surface area contributed by atoms with Crippen molar-refractivity contribution in [2.24, 2.45) is 5.41 Å². The van der Waals surface area contributed by atoms with E-state index in [-0.39, 0.29) is 5.41 Å². The minimum absolute atomic E-state index is 0.226. The van der Waals surface area contributed by atoms with Crippen molar-refractivity contribution >= 4 is 0 Å². The zero-order valence-corrected chi connectivity index (χ0v) is 12.8. The van der Waals surface area contributed by atoms with E-state index in [2.05, 4.69) is 48.7 Å². The molecule has 0 radical (unpaired) electrons. The van der Waals surface area contributed by atoms with E-state index in [0.717, 1.165) is 25.9 Å². The van der Waals surface area contributed by atoms with Crippen LogP contribution in [0.5, 0.6) is 0 Å². The van der Waals surface area contributed by atoms with Gasteiger partial charge in [0.25, 0.3) is 0 Å². The van der Waals surface area contributed by atoms with Crippen molar-refractivity contribution in [3.63, 3.8) is 0 Å². The molecule has 110 valence electrons. The van der Waals surface area contributed by atoms with Gasteiger partial charge in [0.1, 0.15) is 0 Å². The van der Waals surface area contributed by atoms with E-state index in [1.807, 2.05) is 7.11 Å². The smallest absolute Gasteiger partial charge is 0.0652 e. The maximum atomic E-state index is 5.56. The van der Waals surface area contributed by atoms with Gasteiger partial charge >= 0.3 is 0 Å². The van der Waals surface area contributed by atoms with E-state index in [0.29, 0.717) is 18.2 Å². The highest BCUT2D eigenvalue weighted by atomic mass is 16.5. The van der Waals surface area contributed by atoms with Gasteiger partial charge in [-0.15, -0.1) is 0 Å². The summed E-state index contributed by atoms with van der Waals surface area (Å²) >= 11 is 0. The number of ether oxygens (including phenoxy) is 1. The minimum Gasteiger partial charge on any atom is -0.381 e. The molecule has 0 bridgehead atoms. The third-order valence-corrected chi connectivity index (χ3v) is 5.22. The second-order valence-corrected chi connectivity index (χ2v) is 6.72. The molecule has 3 atom stereocenters. The van der Waals surface area contributed by atoms with Gasteiger partial charge in [-0.1, -0.05) is 38.1 Å². The molecule has 1 heterocycles. The monoisotopic (exact) mass is 274 g/mol. The summed E-state index contributed by atoms with van der Waals surface area (Å²) in [6.45, 7) is 6.68. The lowest BCUT2D eigenvalue weighted by molar-refractivity contribution is -0.101. The van der Waals surface area contributed by atoms with Crippen molar-refractivity contribution in [2.75, 3.05) is 13.7 Å². The van der Waals surface area contributed by atoms with E-state index in [1.165, 1.54) is 11.1 Å². The Balaban J connectivity index is 1.75. The number of rotatable bonds is 3. The summed E-state index contributed by atoms with van der Waals surface area (Å²) in [5, 5.41) is 7.40. The number of hydrogen-bond acceptors (Lipinski definition) is 3. The lowest BCUT2D eigenvalue weighted by atomic mass is 9.64. The van der Waals surface area contributed by atoms with E-state index >= 15 is 0 Å². The average Bonchev–Trinajstić information content (AvgIpc) is 2.65. The van der Waals surface area contributed by atoms with Crippen LogP contribution in [0, 0.1) is 5.41 Å². The third-order valence-electron chi connectivity index (χ3n) is 5.22. The molecule has 3 unspecified atom stereocenters. The number of fused-ring (bicyclic) bond motifs is 1. The third kappa shape index (κ3) is 2.39. The Morgan fingerprint density at radius 3 is 2.85 bits per heavy atom. The van der Waals surface area contributed by atoms with Crippen LogP contribution in [0.1, 0.15) is 43.9 Å². The average molecular weight is 274 g/mol. The second kappa shape index (κ2) is 5.47. The van der Waals surface area contributed by atoms with Crippen molar-refractivity contribution in [2.45, 2.75) is 51.4 Å². The SMILES string of the molecule is COC1CC(NC2CCNCc3ccccc32)C1(C)C. The molecular weight excluding hydrogens is 248 g/mol. The summed E-state index contributed by atoms with van der Waals surface area (Å²) in [6, 6.07) is 9.82. The Hall–Kier alpha value is -0.900. The van der Waals surface area contributed by atoms with Crippen LogP contribution in [-0.2, 0) is 11.3 Å². The number of hydrogen-bond donors (Lipinski definition) is 2. The summed E-state index contributed by atoms with van der Waals surface area (Å²) in [6.07, 6.45) is 2.66. The first kappa shape index (κ1) is 14.1. The van der Waals surface area contributed by atoms with E-state index in [1.54, 1.807) is 0 Å². The normalized spacial score (nSPS) is 32.0. The molecule has 3 nitrogen and oxygen atoms in total. The molecule has 1 aromatic carbocycles. The van der Waals surface area contributed by atoms with Crippen LogP contribution in [0.25, 0.3) is 0 Å². The first-order valence-electron chi connectivity index (χ1n) is 7.70. The van der Waals surface area contributed by atoms with Crippen LogP contribution in [0.4, 0.5) is 0 Å². The first-order valence-corrected chi connectivity index (χ1v) is 7.70. The molecule has 2 aliphatic rings. The van der Waals surface area contributed by atoms with E-state index in [4.69, 9.17) is 4.74 Å². The number of benzene rings is 1. The van der Waals surface area contributed by atoms with Gasteiger partial charge in [0.05, 0.1) is 6.10 Å². The lowest BCUT2D eigenvalue weighted by Gasteiger charge is -2.52. The molecule has 1 aromatic rings. The maximum Gasteiger partial charge on any atom is 0.0652 e. The van der Waals surface area contributed by atoms with Gasteiger partial charge in [0.15, 0.2) is 0 Å². The van der Waals surface area contributed by atoms with E-state index < -0.39 is 0 Å². The van der Waals surface area contributed by atoms with Gasteiger partial charge in [-0.25, -0.2) is 0 Å². The van der Waals surface area contributed by atoms with Crippen LogP contribution in [0.15, 0.2) is 24.3 Å². The van der Waals surface area contributed by atoms with Crippen LogP contribution < -0.4 is 10.6 Å². The Morgan fingerprint density at radius 2 is 2.10 bits per heavy atom. The molecule has 1 saturated carbocycles. The van der Waals surface area contributed by atoms with Crippen LogP contribution in [0.3, 0.4) is 0 Å². The van der Waals surface area contributed by atoms with Gasteiger partial charge in [0.2, 0.25) is 0 Å². The standard InChI is InChI=1S/C17H26N2O/c1-17(2)15(10-16(17)20-3)19-14-8-9-18-11-12-6-4-5-7-13(12)14/h4-7,14-16,18-19H,8-11H2,1-3H3. The zero-order valence-electron chi connectivity index (χ0n) is 12.8. The lowest BCUT2D eigenvalue weighted by Crippen LogP contribution is -2.61. The largest absolute Gasteiger partial charge is 0.381 e. The van der Waals surface area contributed by atoms with Gasteiger partial charge < -0.3 is 15.4 Å². The van der Waals surface area contributed by atoms with Crippen molar-refractivity contribution in [3.8, 4) is 0 Å². The summed E-state index contributed by atoms with van der Waals surface area (Å²) in [7, 11) is 1.83. The molecule has 0 amide bonds. The molecule has 20 heavy (non-hydrogen) atoms. The highest BCUT2D eigenvalue weighted by Gasteiger charge is 2.49. The van der Waals surface area contributed by atoms with Crippen LogP contribution in [-0.4, -0.2) is 25.8 Å². The molecule has 3 rings (SSSR count). The number of nitrogens with one attached hydrogen (secondary N) is 2. The summed E-state index contributed by atoms with van der Waals surface area (Å²) < 4.78 is 5.56. The molecule has 0 saturated heterocycles. The van der Waals surface area contributed by atoms with Gasteiger partial charge in [0, 0.05) is 31.2 Å². The van der Waals surface area contributed by atoms with Crippen molar-refractivity contribution in [1.29, 1.82) is 0 Å². The van der Waals surface area contributed by atoms with Crippen molar-refractivity contribution in [3.05, 3.63) is 35.4 Å². The molecule has 0 aromatic heterocycles. The van der Waals surface area contributed by atoms with Crippen molar-refractivity contribution < 1.29 is 4.74 Å². The van der Waals surface area contributed by atoms with Gasteiger partial charge in [-0.05, 0) is 30.5 Å². The first-order chi connectivity index (χ1) is 9.63. The number of methoxy groups -OCH3 is 1. The quantitative estimate of drug-likeness (QED) is 0.889. The van der Waals surface area contributed by atoms with Crippen LogP contribution >= 0.6 is 0 Å². The zero-order chi connectivity index (χ0) is 14.2. The second-order valence-electron chi connectivity index (χ2n) is 6.72. The molecule has 1 aliphatic heterocycles. The molecular formula is C17H26N2O. The predicted octanol–water partition coefficient (Wildman–Crippen LogP) is 2.62. The predicted molar refractivity (Wildman–Crippen MR) is 81.6 cm³/mol. The van der Waals surface area contributed by atoms with Gasteiger partial charge in [-0.2, -0.15) is 0 Å². The Bertz CT molecular complexity index is 472.